The van der Waals surface area contributed by atoms with Crippen LogP contribution in [0, 0.1) is 5.41 Å². The van der Waals surface area contributed by atoms with Crippen LogP contribution in [0.4, 0.5) is 23.2 Å². The Hall–Kier alpha value is -4.03. The SMILES string of the molecule is N=C(N)c1cccc(/C(=C(/F)C(=O)Nc2ccc(-c3ccccc3S(N)(=O)=O)cc2)C(F)(F)F)c1. The molecule has 3 rings (SSSR count). The van der Waals surface area contributed by atoms with Crippen molar-refractivity contribution in [3.05, 3.63) is 89.8 Å². The van der Waals surface area contributed by atoms with Crippen LogP contribution in [0.1, 0.15) is 11.1 Å². The van der Waals surface area contributed by atoms with E-state index in [1.807, 2.05) is 5.32 Å². The summed E-state index contributed by atoms with van der Waals surface area (Å²) in [4.78, 5) is 12.2. The van der Waals surface area contributed by atoms with Crippen molar-refractivity contribution in [1.29, 1.82) is 5.41 Å². The second-order valence-electron chi connectivity index (χ2n) is 7.25. The molecule has 3 aromatic rings. The van der Waals surface area contributed by atoms with E-state index in [0.717, 1.165) is 18.2 Å². The molecule has 0 radical (unpaired) electrons. The van der Waals surface area contributed by atoms with Crippen molar-refractivity contribution in [2.24, 2.45) is 10.9 Å². The van der Waals surface area contributed by atoms with Gasteiger partial charge in [-0.25, -0.2) is 17.9 Å². The fraction of sp³-hybridized carbons (Fsp3) is 0.0435. The number of amides is 1. The zero-order chi connectivity index (χ0) is 26.0. The summed E-state index contributed by atoms with van der Waals surface area (Å²) in [5.74, 6) is -4.26. The number of hydrogen-bond acceptors (Lipinski definition) is 4. The van der Waals surface area contributed by atoms with Gasteiger partial charge in [-0.2, -0.15) is 13.2 Å². The van der Waals surface area contributed by atoms with Gasteiger partial charge in [0, 0.05) is 16.8 Å². The van der Waals surface area contributed by atoms with Gasteiger partial charge in [-0.05, 0) is 35.4 Å². The molecule has 0 fully saturated rings. The fourth-order valence-corrected chi connectivity index (χ4v) is 4.00. The molecule has 3 aromatic carbocycles. The third-order valence-electron chi connectivity index (χ3n) is 4.81. The van der Waals surface area contributed by atoms with E-state index in [4.69, 9.17) is 16.3 Å². The number of benzene rings is 3. The van der Waals surface area contributed by atoms with Crippen molar-refractivity contribution >= 4 is 33.0 Å². The lowest BCUT2D eigenvalue weighted by atomic mass is 10.0. The standard InChI is InChI=1S/C23H18F4N4O3S/c24-20(19(23(25,26)27)14-4-3-5-15(12-14)21(28)29)22(32)31-16-10-8-13(9-11-16)17-6-1-2-7-18(17)35(30,33)34/h1-12H,(H3,28,29)(H,31,32)(H2,30,33,34)/b20-19-. The summed E-state index contributed by atoms with van der Waals surface area (Å²) in [5.41, 5.74) is 3.33. The number of anilines is 1. The second-order valence-corrected chi connectivity index (χ2v) is 8.78. The average Bonchev–Trinajstić information content (AvgIpc) is 2.78. The van der Waals surface area contributed by atoms with Gasteiger partial charge in [0.05, 0.1) is 4.90 Å². The van der Waals surface area contributed by atoms with Crippen LogP contribution in [-0.4, -0.2) is 26.3 Å². The van der Waals surface area contributed by atoms with Crippen LogP contribution >= 0.6 is 0 Å². The highest BCUT2D eigenvalue weighted by Crippen LogP contribution is 2.37. The molecule has 0 atom stereocenters. The van der Waals surface area contributed by atoms with Crippen molar-refractivity contribution in [3.63, 3.8) is 0 Å². The smallest absolute Gasteiger partial charge is 0.384 e. The van der Waals surface area contributed by atoms with Gasteiger partial charge in [0.15, 0.2) is 0 Å². The summed E-state index contributed by atoms with van der Waals surface area (Å²) >= 11 is 0. The van der Waals surface area contributed by atoms with Crippen LogP contribution in [0.2, 0.25) is 0 Å². The maximum atomic E-state index is 14.8. The van der Waals surface area contributed by atoms with Crippen LogP contribution in [0.15, 0.2) is 83.5 Å². The van der Waals surface area contributed by atoms with Gasteiger partial charge in [-0.15, -0.1) is 0 Å². The molecule has 0 unspecified atom stereocenters. The lowest BCUT2D eigenvalue weighted by Gasteiger charge is -2.15. The number of rotatable bonds is 6. The van der Waals surface area contributed by atoms with E-state index < -0.39 is 44.9 Å². The van der Waals surface area contributed by atoms with Crippen molar-refractivity contribution < 1.29 is 30.8 Å². The quantitative estimate of drug-likeness (QED) is 0.172. The number of alkyl halides is 3. The Balaban J connectivity index is 1.94. The van der Waals surface area contributed by atoms with Crippen LogP contribution in [-0.2, 0) is 14.8 Å². The molecular formula is C23H18F4N4O3S. The van der Waals surface area contributed by atoms with E-state index in [2.05, 4.69) is 0 Å². The van der Waals surface area contributed by atoms with Crippen molar-refractivity contribution in [3.8, 4) is 11.1 Å². The number of allylic oxidation sites excluding steroid dienone is 1. The fourth-order valence-electron chi connectivity index (χ4n) is 3.24. The molecule has 0 bridgehead atoms. The number of hydrogen-bond donors (Lipinski definition) is 4. The number of sulfonamides is 1. The summed E-state index contributed by atoms with van der Waals surface area (Å²) in [6.45, 7) is 0. The molecule has 35 heavy (non-hydrogen) atoms. The van der Waals surface area contributed by atoms with Gasteiger partial charge in [-0.3, -0.25) is 10.2 Å². The van der Waals surface area contributed by atoms with Crippen LogP contribution in [0.5, 0.6) is 0 Å². The Morgan fingerprint density at radius 3 is 2.09 bits per heavy atom. The molecule has 0 aliphatic rings. The number of nitrogens with one attached hydrogen (secondary N) is 2. The van der Waals surface area contributed by atoms with Crippen LogP contribution < -0.4 is 16.2 Å². The normalized spacial score (nSPS) is 12.6. The lowest BCUT2D eigenvalue weighted by Crippen LogP contribution is -2.20. The molecule has 7 nitrogen and oxygen atoms in total. The second kappa shape index (κ2) is 9.68. The minimum atomic E-state index is -5.22. The Bertz CT molecular complexity index is 1430. The Morgan fingerprint density at radius 2 is 1.51 bits per heavy atom. The van der Waals surface area contributed by atoms with E-state index >= 15 is 0 Å². The van der Waals surface area contributed by atoms with Crippen LogP contribution in [0.3, 0.4) is 0 Å². The predicted molar refractivity (Wildman–Crippen MR) is 123 cm³/mol. The number of amidine groups is 1. The molecule has 0 saturated heterocycles. The molecule has 0 spiro atoms. The largest absolute Gasteiger partial charge is 0.420 e. The van der Waals surface area contributed by atoms with E-state index in [0.29, 0.717) is 5.56 Å². The number of halogens is 4. The Labute approximate surface area is 197 Å². The van der Waals surface area contributed by atoms with E-state index in [9.17, 15) is 30.8 Å². The minimum Gasteiger partial charge on any atom is -0.384 e. The minimum absolute atomic E-state index is 0.0407. The summed E-state index contributed by atoms with van der Waals surface area (Å²) in [6, 6.07) is 15.4. The number of carbonyl (C=O) groups is 1. The molecule has 6 N–H and O–H groups in total. The van der Waals surface area contributed by atoms with Gasteiger partial charge in [0.25, 0.3) is 5.91 Å². The summed E-state index contributed by atoms with van der Waals surface area (Å²) < 4.78 is 79.3. The predicted octanol–water partition coefficient (Wildman–Crippen LogP) is 4.17. The summed E-state index contributed by atoms with van der Waals surface area (Å²) in [5, 5.41) is 14.6. The summed E-state index contributed by atoms with van der Waals surface area (Å²) in [7, 11) is -4.03. The highest BCUT2D eigenvalue weighted by Gasteiger charge is 2.40. The monoisotopic (exact) mass is 506 g/mol. The van der Waals surface area contributed by atoms with Crippen molar-refractivity contribution in [1.82, 2.24) is 0 Å². The highest BCUT2D eigenvalue weighted by molar-refractivity contribution is 7.89. The molecule has 0 heterocycles. The zero-order valence-corrected chi connectivity index (χ0v) is 18.5. The van der Waals surface area contributed by atoms with Crippen molar-refractivity contribution in [2.45, 2.75) is 11.1 Å². The number of nitrogen functional groups attached to an aromatic ring is 1. The molecular weight excluding hydrogens is 488 g/mol. The maximum Gasteiger partial charge on any atom is 0.420 e. The van der Waals surface area contributed by atoms with E-state index in [1.54, 1.807) is 6.07 Å². The van der Waals surface area contributed by atoms with Gasteiger partial charge >= 0.3 is 6.18 Å². The first-order chi connectivity index (χ1) is 16.3. The van der Waals surface area contributed by atoms with Crippen molar-refractivity contribution in [2.75, 3.05) is 5.32 Å². The first-order valence-corrected chi connectivity index (χ1v) is 11.3. The number of carbonyl (C=O) groups excluding carboxylic acids is 1. The van der Waals surface area contributed by atoms with Gasteiger partial charge in [0.2, 0.25) is 15.9 Å². The molecule has 1 amide bonds. The molecule has 182 valence electrons. The molecule has 12 heteroatoms. The van der Waals surface area contributed by atoms with Crippen LogP contribution in [0.25, 0.3) is 16.7 Å². The molecule has 0 aliphatic heterocycles. The third-order valence-corrected chi connectivity index (χ3v) is 5.78. The van der Waals surface area contributed by atoms with E-state index in [1.165, 1.54) is 48.5 Å². The molecule has 0 saturated carbocycles. The zero-order valence-electron chi connectivity index (χ0n) is 17.7. The van der Waals surface area contributed by atoms with Gasteiger partial charge in [-0.1, -0.05) is 48.5 Å². The van der Waals surface area contributed by atoms with Gasteiger partial charge in [0.1, 0.15) is 11.4 Å². The topological polar surface area (TPSA) is 139 Å². The molecule has 0 aromatic heterocycles. The first-order valence-electron chi connectivity index (χ1n) is 9.74. The highest BCUT2D eigenvalue weighted by atomic mass is 32.2. The third kappa shape index (κ3) is 5.91. The van der Waals surface area contributed by atoms with Gasteiger partial charge < -0.3 is 11.1 Å². The van der Waals surface area contributed by atoms with E-state index in [-0.39, 0.29) is 21.7 Å². The first kappa shape index (κ1) is 25.6. The number of nitrogens with two attached hydrogens (primary N) is 2. The Kier molecular flexibility index (Phi) is 7.08. The summed E-state index contributed by atoms with van der Waals surface area (Å²) in [6.07, 6.45) is -5.22. The molecule has 0 aliphatic carbocycles. The number of primary sulfonamides is 1. The lowest BCUT2D eigenvalue weighted by molar-refractivity contribution is -0.115. The average molecular weight is 506 g/mol. The Morgan fingerprint density at radius 1 is 0.914 bits per heavy atom. The maximum absolute atomic E-state index is 14.8.